The SMILES string of the molecule is CC1(C)c2ccccc2-c2c(N(C3=CC=C(c4ccccc4)CC3)c3ccc(-c4ccc5c(c4)c4ccccc4n5-c4ccccc4)cc3)cccc21. The number of allylic oxidation sites excluding steroid dienone is 4. The molecule has 1 aromatic heterocycles. The molecule has 0 saturated heterocycles. The highest BCUT2D eigenvalue weighted by Crippen LogP contribution is 2.54. The Balaban J connectivity index is 1.10. The second-order valence-corrected chi connectivity index (χ2v) is 14.9. The van der Waals surface area contributed by atoms with E-state index in [9.17, 15) is 0 Å². The summed E-state index contributed by atoms with van der Waals surface area (Å²) in [6.45, 7) is 4.73. The predicted molar refractivity (Wildman–Crippen MR) is 224 cm³/mol. The first-order valence-corrected chi connectivity index (χ1v) is 18.7. The molecule has 0 bridgehead atoms. The minimum Gasteiger partial charge on any atom is -0.314 e. The number of anilines is 2. The van der Waals surface area contributed by atoms with Crippen molar-refractivity contribution in [1.82, 2.24) is 4.57 Å². The van der Waals surface area contributed by atoms with Crippen molar-refractivity contribution in [2.75, 3.05) is 4.90 Å². The molecule has 1 heterocycles. The van der Waals surface area contributed by atoms with Gasteiger partial charge in [0.1, 0.15) is 0 Å². The van der Waals surface area contributed by atoms with Crippen molar-refractivity contribution >= 4 is 38.8 Å². The Bertz CT molecular complexity index is 2730. The topological polar surface area (TPSA) is 8.17 Å². The summed E-state index contributed by atoms with van der Waals surface area (Å²) in [7, 11) is 0. The molecular weight excluding hydrogens is 641 g/mol. The van der Waals surface area contributed by atoms with Crippen LogP contribution >= 0.6 is 0 Å². The summed E-state index contributed by atoms with van der Waals surface area (Å²) in [5, 5.41) is 2.53. The molecule has 0 unspecified atom stereocenters. The van der Waals surface area contributed by atoms with E-state index >= 15 is 0 Å². The summed E-state index contributed by atoms with van der Waals surface area (Å²) in [5.74, 6) is 0. The van der Waals surface area contributed by atoms with Crippen LogP contribution in [-0.4, -0.2) is 4.57 Å². The molecule has 0 saturated carbocycles. The van der Waals surface area contributed by atoms with Gasteiger partial charge in [0.25, 0.3) is 0 Å². The van der Waals surface area contributed by atoms with Crippen molar-refractivity contribution in [3.05, 3.63) is 204 Å². The zero-order valence-electron chi connectivity index (χ0n) is 30.1. The normalized spacial score (nSPS) is 14.5. The van der Waals surface area contributed by atoms with Gasteiger partial charge in [0.2, 0.25) is 0 Å². The molecule has 2 nitrogen and oxygen atoms in total. The lowest BCUT2D eigenvalue weighted by Gasteiger charge is -2.32. The van der Waals surface area contributed by atoms with Gasteiger partial charge in [-0.1, -0.05) is 141 Å². The molecule has 2 aliphatic rings. The highest BCUT2D eigenvalue weighted by atomic mass is 15.2. The molecule has 2 heteroatoms. The Labute approximate surface area is 311 Å². The first-order valence-electron chi connectivity index (χ1n) is 18.7. The van der Waals surface area contributed by atoms with E-state index in [2.05, 4.69) is 205 Å². The minimum atomic E-state index is -0.0684. The number of rotatable bonds is 6. The number of aromatic nitrogens is 1. The van der Waals surface area contributed by atoms with Crippen LogP contribution in [0.1, 0.15) is 43.4 Å². The van der Waals surface area contributed by atoms with Gasteiger partial charge in [-0.15, -0.1) is 0 Å². The molecule has 53 heavy (non-hydrogen) atoms. The maximum atomic E-state index is 2.52. The second kappa shape index (κ2) is 12.4. The first kappa shape index (κ1) is 31.4. The smallest absolute Gasteiger partial charge is 0.0541 e. The van der Waals surface area contributed by atoms with Crippen molar-refractivity contribution in [3.8, 4) is 27.9 Å². The van der Waals surface area contributed by atoms with E-state index in [1.54, 1.807) is 0 Å². The molecular formula is C51H40N2. The zero-order valence-corrected chi connectivity index (χ0v) is 30.1. The third-order valence-corrected chi connectivity index (χ3v) is 11.5. The number of para-hydroxylation sites is 2. The van der Waals surface area contributed by atoms with E-state index in [1.165, 1.54) is 89.1 Å². The Morgan fingerprint density at radius 2 is 1.19 bits per heavy atom. The predicted octanol–water partition coefficient (Wildman–Crippen LogP) is 13.7. The van der Waals surface area contributed by atoms with E-state index in [4.69, 9.17) is 0 Å². The zero-order chi connectivity index (χ0) is 35.5. The van der Waals surface area contributed by atoms with Crippen LogP contribution in [0.25, 0.3) is 55.3 Å². The van der Waals surface area contributed by atoms with Crippen molar-refractivity contribution in [1.29, 1.82) is 0 Å². The number of hydrogen-bond acceptors (Lipinski definition) is 1. The fourth-order valence-electron chi connectivity index (χ4n) is 8.90. The maximum absolute atomic E-state index is 2.52. The van der Waals surface area contributed by atoms with Crippen LogP contribution in [0.4, 0.5) is 11.4 Å². The number of hydrogen-bond donors (Lipinski definition) is 0. The number of nitrogens with zero attached hydrogens (tertiary/aromatic N) is 2. The second-order valence-electron chi connectivity index (χ2n) is 14.9. The van der Waals surface area contributed by atoms with E-state index < -0.39 is 0 Å². The summed E-state index contributed by atoms with van der Waals surface area (Å²) >= 11 is 0. The third kappa shape index (κ3) is 5.09. The molecule has 0 radical (unpaired) electrons. The van der Waals surface area contributed by atoms with Crippen molar-refractivity contribution in [3.63, 3.8) is 0 Å². The van der Waals surface area contributed by atoms with Gasteiger partial charge in [-0.2, -0.15) is 0 Å². The standard InChI is InChI=1S/C51H40N2/c1-51(2)45-20-11-9-19-43(45)50-46(51)21-13-23-49(50)52(40-29-24-36(25-30-40)35-14-5-3-6-15-35)41-31-26-37(27-32-41)38-28-33-48-44(34-38)42-18-10-12-22-47(42)53(48)39-16-7-4-8-17-39/h3-24,26-29,31-34H,25,30H2,1-2H3. The minimum absolute atomic E-state index is 0.0684. The largest absolute Gasteiger partial charge is 0.314 e. The molecule has 0 N–H and O–H groups in total. The molecule has 10 rings (SSSR count). The molecule has 0 spiro atoms. The van der Waals surface area contributed by atoms with Gasteiger partial charge >= 0.3 is 0 Å². The van der Waals surface area contributed by atoms with Crippen LogP contribution in [0.5, 0.6) is 0 Å². The molecule has 7 aromatic carbocycles. The first-order chi connectivity index (χ1) is 26.1. The quantitative estimate of drug-likeness (QED) is 0.170. The summed E-state index contributed by atoms with van der Waals surface area (Å²) in [4.78, 5) is 2.52. The number of benzene rings is 7. The van der Waals surface area contributed by atoms with Gasteiger partial charge < -0.3 is 9.47 Å². The fraction of sp³-hybridized carbons (Fsp3) is 0.0980. The van der Waals surface area contributed by atoms with E-state index in [-0.39, 0.29) is 5.41 Å². The van der Waals surface area contributed by atoms with E-state index in [0.29, 0.717) is 0 Å². The maximum Gasteiger partial charge on any atom is 0.0541 e. The molecule has 8 aromatic rings. The van der Waals surface area contributed by atoms with Gasteiger partial charge in [0.15, 0.2) is 0 Å². The molecule has 0 fully saturated rings. The summed E-state index contributed by atoms with van der Waals surface area (Å²) in [5.41, 5.74) is 17.9. The Morgan fingerprint density at radius 1 is 0.509 bits per heavy atom. The average molecular weight is 681 g/mol. The van der Waals surface area contributed by atoms with Crippen molar-refractivity contribution in [2.45, 2.75) is 32.1 Å². The molecule has 2 aliphatic carbocycles. The highest BCUT2D eigenvalue weighted by molar-refractivity contribution is 6.10. The molecule has 0 aliphatic heterocycles. The van der Waals surface area contributed by atoms with Gasteiger partial charge in [-0.05, 0) is 106 Å². The highest BCUT2D eigenvalue weighted by Gasteiger charge is 2.38. The fourth-order valence-corrected chi connectivity index (χ4v) is 8.90. The van der Waals surface area contributed by atoms with Crippen LogP contribution in [-0.2, 0) is 5.41 Å². The lowest BCUT2D eigenvalue weighted by molar-refractivity contribution is 0.660. The van der Waals surface area contributed by atoms with Gasteiger partial charge in [-0.3, -0.25) is 0 Å². The Morgan fingerprint density at radius 3 is 1.98 bits per heavy atom. The van der Waals surface area contributed by atoms with E-state index in [1.807, 2.05) is 0 Å². The Kier molecular flexibility index (Phi) is 7.33. The Hall–Kier alpha value is -6.38. The van der Waals surface area contributed by atoms with Crippen LogP contribution in [0.2, 0.25) is 0 Å². The third-order valence-electron chi connectivity index (χ3n) is 11.5. The molecule has 0 amide bonds. The van der Waals surface area contributed by atoms with Crippen molar-refractivity contribution < 1.29 is 0 Å². The van der Waals surface area contributed by atoms with E-state index in [0.717, 1.165) is 12.8 Å². The van der Waals surface area contributed by atoms with Crippen LogP contribution in [0.3, 0.4) is 0 Å². The summed E-state index contributed by atoms with van der Waals surface area (Å²) in [6, 6.07) is 62.3. The average Bonchev–Trinajstić information content (AvgIpc) is 3.68. The van der Waals surface area contributed by atoms with Crippen molar-refractivity contribution in [2.24, 2.45) is 0 Å². The lowest BCUT2D eigenvalue weighted by atomic mass is 9.82. The lowest BCUT2D eigenvalue weighted by Crippen LogP contribution is -2.19. The van der Waals surface area contributed by atoms with Crippen LogP contribution in [0.15, 0.2) is 188 Å². The van der Waals surface area contributed by atoms with Gasteiger partial charge in [0, 0.05) is 38.8 Å². The van der Waals surface area contributed by atoms with Crippen LogP contribution < -0.4 is 4.90 Å². The summed E-state index contributed by atoms with van der Waals surface area (Å²) in [6.07, 6.45) is 6.64. The van der Waals surface area contributed by atoms with Gasteiger partial charge in [-0.25, -0.2) is 0 Å². The molecule has 254 valence electrons. The van der Waals surface area contributed by atoms with Gasteiger partial charge in [0.05, 0.1) is 16.7 Å². The monoisotopic (exact) mass is 680 g/mol. The number of fused-ring (bicyclic) bond motifs is 6. The molecule has 0 atom stereocenters. The summed E-state index contributed by atoms with van der Waals surface area (Å²) < 4.78 is 2.38. The van der Waals surface area contributed by atoms with Crippen LogP contribution in [0, 0.1) is 0 Å².